The second-order valence-electron chi connectivity index (χ2n) is 5.61. The van der Waals surface area contributed by atoms with E-state index in [0.717, 1.165) is 11.3 Å². The number of hydrazone groups is 1. The highest BCUT2D eigenvalue weighted by Gasteiger charge is 2.24. The number of hydrogen-bond donors (Lipinski definition) is 0. The second-order valence-corrected chi connectivity index (χ2v) is 5.61. The van der Waals surface area contributed by atoms with Gasteiger partial charge in [-0.3, -0.25) is 4.79 Å². The van der Waals surface area contributed by atoms with Crippen molar-refractivity contribution in [1.82, 2.24) is 0 Å². The molecule has 0 unspecified atom stereocenters. The Morgan fingerprint density at radius 1 is 1.00 bits per heavy atom. The minimum absolute atomic E-state index is 0.0921. The van der Waals surface area contributed by atoms with Gasteiger partial charge in [0.25, 0.3) is 5.91 Å². The van der Waals surface area contributed by atoms with Gasteiger partial charge in [-0.25, -0.2) is 0 Å². The third kappa shape index (κ3) is 2.58. The summed E-state index contributed by atoms with van der Waals surface area (Å²) in [6, 6.07) is 13.7. The molecular formula is C19H18N2O. The smallest absolute Gasteiger partial charge is 0.267 e. The molecule has 22 heavy (non-hydrogen) atoms. The summed E-state index contributed by atoms with van der Waals surface area (Å²) in [5.41, 5.74) is 6.06. The zero-order valence-electron chi connectivity index (χ0n) is 13.0. The molecule has 0 aromatic heterocycles. The van der Waals surface area contributed by atoms with Crippen LogP contribution in [-0.2, 0) is 4.79 Å². The molecule has 2 aromatic rings. The van der Waals surface area contributed by atoms with E-state index in [9.17, 15) is 4.79 Å². The molecule has 0 fully saturated rings. The molecule has 3 nitrogen and oxygen atoms in total. The van der Waals surface area contributed by atoms with Crippen LogP contribution < -0.4 is 5.01 Å². The first-order chi connectivity index (χ1) is 10.6. The molecule has 0 bridgehead atoms. The maximum atomic E-state index is 12.5. The van der Waals surface area contributed by atoms with Crippen molar-refractivity contribution >= 4 is 23.9 Å². The zero-order chi connectivity index (χ0) is 15.7. The first-order valence-electron chi connectivity index (χ1n) is 7.29. The van der Waals surface area contributed by atoms with Gasteiger partial charge >= 0.3 is 0 Å². The number of carbonyl (C=O) groups is 1. The molecule has 0 spiro atoms. The molecular weight excluding hydrogens is 272 g/mol. The van der Waals surface area contributed by atoms with Gasteiger partial charge in [-0.2, -0.15) is 10.1 Å². The van der Waals surface area contributed by atoms with Gasteiger partial charge in [-0.1, -0.05) is 35.9 Å². The summed E-state index contributed by atoms with van der Waals surface area (Å²) >= 11 is 0. The molecule has 1 amide bonds. The lowest BCUT2D eigenvalue weighted by molar-refractivity contribution is -0.114. The summed E-state index contributed by atoms with van der Waals surface area (Å²) in [5.74, 6) is -0.0921. The lowest BCUT2D eigenvalue weighted by atomic mass is 9.98. The van der Waals surface area contributed by atoms with Gasteiger partial charge in [0, 0.05) is 0 Å². The van der Waals surface area contributed by atoms with Gasteiger partial charge in [0.2, 0.25) is 0 Å². The highest BCUT2D eigenvalue weighted by atomic mass is 16.2. The van der Waals surface area contributed by atoms with Crippen LogP contribution in [0.5, 0.6) is 0 Å². The van der Waals surface area contributed by atoms with Crippen molar-refractivity contribution in [3.05, 3.63) is 70.3 Å². The average molecular weight is 290 g/mol. The Kier molecular flexibility index (Phi) is 3.63. The van der Waals surface area contributed by atoms with Crippen LogP contribution in [0.15, 0.2) is 53.1 Å². The SMILES string of the molecule is Cc1cc(C)c(C=C2C=NN(c3ccccc3)C2=O)c(C)c1. The largest absolute Gasteiger partial charge is 0.280 e. The van der Waals surface area contributed by atoms with E-state index in [1.165, 1.54) is 21.7 Å². The van der Waals surface area contributed by atoms with E-state index in [-0.39, 0.29) is 5.91 Å². The Bertz CT molecular complexity index is 765. The number of benzene rings is 2. The molecule has 110 valence electrons. The van der Waals surface area contributed by atoms with Crippen molar-refractivity contribution in [2.45, 2.75) is 20.8 Å². The maximum Gasteiger partial charge on any atom is 0.280 e. The normalized spacial score (nSPS) is 15.9. The molecule has 0 radical (unpaired) electrons. The van der Waals surface area contributed by atoms with E-state index in [1.54, 1.807) is 6.21 Å². The minimum Gasteiger partial charge on any atom is -0.267 e. The quantitative estimate of drug-likeness (QED) is 0.769. The number of rotatable bonds is 2. The number of aryl methyl sites for hydroxylation is 3. The third-order valence-corrected chi connectivity index (χ3v) is 3.79. The lowest BCUT2D eigenvalue weighted by Crippen LogP contribution is -2.20. The van der Waals surface area contributed by atoms with Crippen molar-refractivity contribution in [2.75, 3.05) is 5.01 Å². The molecule has 0 saturated heterocycles. The van der Waals surface area contributed by atoms with Gasteiger partial charge in [-0.05, 0) is 55.7 Å². The Balaban J connectivity index is 1.95. The molecule has 2 aromatic carbocycles. The fourth-order valence-electron chi connectivity index (χ4n) is 2.78. The summed E-state index contributed by atoms with van der Waals surface area (Å²) in [7, 11) is 0. The number of hydrogen-bond acceptors (Lipinski definition) is 2. The first kappa shape index (κ1) is 14.3. The number of anilines is 1. The van der Waals surface area contributed by atoms with Crippen molar-refractivity contribution in [3.63, 3.8) is 0 Å². The van der Waals surface area contributed by atoms with Gasteiger partial charge in [0.1, 0.15) is 0 Å². The highest BCUT2D eigenvalue weighted by molar-refractivity contribution is 6.25. The fraction of sp³-hybridized carbons (Fsp3) is 0.158. The predicted octanol–water partition coefficient (Wildman–Crippen LogP) is 4.03. The summed E-state index contributed by atoms with van der Waals surface area (Å²) in [5, 5.41) is 5.67. The topological polar surface area (TPSA) is 32.7 Å². The van der Waals surface area contributed by atoms with Crippen LogP contribution in [0.4, 0.5) is 5.69 Å². The van der Waals surface area contributed by atoms with E-state index >= 15 is 0 Å². The van der Waals surface area contributed by atoms with Crippen molar-refractivity contribution < 1.29 is 4.79 Å². The van der Waals surface area contributed by atoms with Crippen molar-refractivity contribution in [2.24, 2.45) is 5.10 Å². The zero-order valence-corrected chi connectivity index (χ0v) is 13.0. The van der Waals surface area contributed by atoms with Gasteiger partial charge in [-0.15, -0.1) is 0 Å². The van der Waals surface area contributed by atoms with Crippen molar-refractivity contribution in [1.29, 1.82) is 0 Å². The van der Waals surface area contributed by atoms with E-state index < -0.39 is 0 Å². The van der Waals surface area contributed by atoms with E-state index in [4.69, 9.17) is 0 Å². The van der Waals surface area contributed by atoms with Gasteiger partial charge in [0.05, 0.1) is 17.5 Å². The Labute approximate surface area is 130 Å². The molecule has 0 saturated carbocycles. The molecule has 0 atom stereocenters. The summed E-state index contributed by atoms with van der Waals surface area (Å²) in [6.45, 7) is 6.21. The third-order valence-electron chi connectivity index (χ3n) is 3.79. The molecule has 3 rings (SSSR count). The maximum absolute atomic E-state index is 12.5. The monoisotopic (exact) mass is 290 g/mol. The van der Waals surface area contributed by atoms with Crippen LogP contribution in [0.2, 0.25) is 0 Å². The number of nitrogens with zero attached hydrogens (tertiary/aromatic N) is 2. The van der Waals surface area contributed by atoms with Gasteiger partial charge < -0.3 is 0 Å². The second kappa shape index (κ2) is 5.60. The van der Waals surface area contributed by atoms with Crippen LogP contribution in [0.1, 0.15) is 22.3 Å². The molecule has 3 heteroatoms. The summed E-state index contributed by atoms with van der Waals surface area (Å²) in [6.07, 6.45) is 3.56. The molecule has 1 heterocycles. The lowest BCUT2D eigenvalue weighted by Gasteiger charge is -2.12. The number of carbonyl (C=O) groups excluding carboxylic acids is 1. The van der Waals surface area contributed by atoms with Crippen LogP contribution >= 0.6 is 0 Å². The average Bonchev–Trinajstić information content (AvgIpc) is 2.85. The van der Waals surface area contributed by atoms with E-state index in [1.807, 2.05) is 36.4 Å². The molecule has 0 aliphatic carbocycles. The minimum atomic E-state index is -0.0921. The van der Waals surface area contributed by atoms with Crippen LogP contribution in [0.25, 0.3) is 6.08 Å². The van der Waals surface area contributed by atoms with E-state index in [2.05, 4.69) is 38.0 Å². The van der Waals surface area contributed by atoms with Crippen LogP contribution in [0, 0.1) is 20.8 Å². The standard InChI is InChI=1S/C19H18N2O/c1-13-9-14(2)18(15(3)10-13)11-16-12-20-21(19(16)22)17-7-5-4-6-8-17/h4-12H,1-3H3. The summed E-state index contributed by atoms with van der Waals surface area (Å²) in [4.78, 5) is 12.5. The Morgan fingerprint density at radius 2 is 1.64 bits per heavy atom. The Morgan fingerprint density at radius 3 is 2.27 bits per heavy atom. The van der Waals surface area contributed by atoms with Crippen LogP contribution in [0.3, 0.4) is 0 Å². The van der Waals surface area contributed by atoms with E-state index in [0.29, 0.717) is 5.57 Å². The highest BCUT2D eigenvalue weighted by Crippen LogP contribution is 2.24. The fourth-order valence-corrected chi connectivity index (χ4v) is 2.78. The molecule has 1 aliphatic rings. The predicted molar refractivity (Wildman–Crippen MR) is 91.1 cm³/mol. The first-order valence-corrected chi connectivity index (χ1v) is 7.29. The number of amides is 1. The molecule has 0 N–H and O–H groups in total. The van der Waals surface area contributed by atoms with Crippen molar-refractivity contribution in [3.8, 4) is 0 Å². The molecule has 1 aliphatic heterocycles. The Hall–Kier alpha value is -2.68. The summed E-state index contributed by atoms with van der Waals surface area (Å²) < 4.78 is 0. The van der Waals surface area contributed by atoms with Gasteiger partial charge in [0.15, 0.2) is 0 Å². The van der Waals surface area contributed by atoms with Crippen LogP contribution in [-0.4, -0.2) is 12.1 Å². The number of para-hydroxylation sites is 1.